The predicted octanol–water partition coefficient (Wildman–Crippen LogP) is 0.248. The molecule has 0 aliphatic heterocycles. The summed E-state index contributed by atoms with van der Waals surface area (Å²) in [6, 6.07) is 0. The quantitative estimate of drug-likeness (QED) is 0.341. The first-order chi connectivity index (χ1) is 6.31. The molecule has 0 aromatic carbocycles. The zero-order valence-corrected chi connectivity index (χ0v) is 8.46. The summed E-state index contributed by atoms with van der Waals surface area (Å²) < 4.78 is 9.87. The van der Waals surface area contributed by atoms with Gasteiger partial charge in [-0.05, 0) is 6.42 Å². The number of hydrogen-bond acceptors (Lipinski definition) is 5. The molecule has 0 bridgehead atoms. The second-order valence-electron chi connectivity index (χ2n) is 2.42. The Morgan fingerprint density at radius 2 is 1.92 bits per heavy atom. The van der Waals surface area contributed by atoms with Crippen molar-refractivity contribution in [3.8, 4) is 0 Å². The molecular formula is C8H16O4S. The first-order valence-electron chi connectivity index (χ1n) is 4.26. The van der Waals surface area contributed by atoms with Crippen molar-refractivity contribution in [2.24, 2.45) is 0 Å². The van der Waals surface area contributed by atoms with Gasteiger partial charge in [0.2, 0.25) is 0 Å². The van der Waals surface area contributed by atoms with Crippen molar-refractivity contribution in [2.45, 2.75) is 12.8 Å². The molecule has 0 aromatic rings. The van der Waals surface area contributed by atoms with Crippen molar-refractivity contribution < 1.29 is 19.4 Å². The topological polar surface area (TPSA) is 55.8 Å². The summed E-state index contributed by atoms with van der Waals surface area (Å²) in [5.41, 5.74) is 0. The largest absolute Gasteiger partial charge is 0.465 e. The molecule has 0 heterocycles. The molecule has 0 saturated carbocycles. The van der Waals surface area contributed by atoms with Crippen LogP contribution in [0.25, 0.3) is 0 Å². The molecule has 0 aliphatic carbocycles. The highest BCUT2D eigenvalue weighted by molar-refractivity contribution is 7.81. The van der Waals surface area contributed by atoms with E-state index in [0.717, 1.165) is 0 Å². The average Bonchev–Trinajstić information content (AvgIpc) is 2.16. The third-order valence-electron chi connectivity index (χ3n) is 1.27. The Hall–Kier alpha value is -0.260. The molecule has 0 saturated heterocycles. The minimum absolute atomic E-state index is 0.116. The highest BCUT2D eigenvalue weighted by Gasteiger charge is 1.97. The second kappa shape index (κ2) is 9.83. The third kappa shape index (κ3) is 9.66. The molecule has 0 aliphatic rings. The molecule has 0 aromatic heterocycles. The normalized spacial score (nSPS) is 10.0. The van der Waals surface area contributed by atoms with E-state index in [1.165, 1.54) is 0 Å². The van der Waals surface area contributed by atoms with E-state index < -0.39 is 0 Å². The van der Waals surface area contributed by atoms with Gasteiger partial charge in [-0.25, -0.2) is 0 Å². The Morgan fingerprint density at radius 1 is 1.23 bits per heavy atom. The molecule has 5 heteroatoms. The van der Waals surface area contributed by atoms with Gasteiger partial charge in [-0.3, -0.25) is 4.79 Å². The fourth-order valence-electron chi connectivity index (χ4n) is 0.661. The zero-order valence-electron chi connectivity index (χ0n) is 7.57. The standard InChI is InChI=1S/C8H16O4S/c9-3-1-4-11-5-2-6-12-8(10)7-13/h9,13H,1-7H2. The van der Waals surface area contributed by atoms with Gasteiger partial charge in [-0.2, -0.15) is 12.6 Å². The summed E-state index contributed by atoms with van der Waals surface area (Å²) in [6.07, 6.45) is 1.33. The monoisotopic (exact) mass is 208 g/mol. The van der Waals surface area contributed by atoms with Gasteiger partial charge < -0.3 is 14.6 Å². The number of rotatable bonds is 8. The maximum absolute atomic E-state index is 10.6. The number of ether oxygens (including phenoxy) is 2. The Labute approximate surface area is 83.6 Å². The number of aliphatic hydroxyl groups excluding tert-OH is 1. The molecule has 13 heavy (non-hydrogen) atoms. The van der Waals surface area contributed by atoms with Gasteiger partial charge in [0.15, 0.2) is 0 Å². The van der Waals surface area contributed by atoms with Crippen LogP contribution in [0.3, 0.4) is 0 Å². The smallest absolute Gasteiger partial charge is 0.315 e. The molecule has 1 N–H and O–H groups in total. The summed E-state index contributed by atoms with van der Waals surface area (Å²) in [4.78, 5) is 10.6. The van der Waals surface area contributed by atoms with Crippen LogP contribution in [0.1, 0.15) is 12.8 Å². The van der Waals surface area contributed by atoms with Crippen LogP contribution in [0.4, 0.5) is 0 Å². The lowest BCUT2D eigenvalue weighted by Crippen LogP contribution is -2.09. The maximum atomic E-state index is 10.6. The molecular weight excluding hydrogens is 192 g/mol. The van der Waals surface area contributed by atoms with Crippen molar-refractivity contribution in [1.29, 1.82) is 0 Å². The van der Waals surface area contributed by atoms with E-state index in [4.69, 9.17) is 14.6 Å². The molecule has 0 spiro atoms. The van der Waals surface area contributed by atoms with Crippen LogP contribution in [0.15, 0.2) is 0 Å². The van der Waals surface area contributed by atoms with E-state index in [0.29, 0.717) is 32.7 Å². The van der Waals surface area contributed by atoms with Crippen molar-refractivity contribution in [2.75, 3.05) is 32.2 Å². The molecule has 0 amide bonds. The summed E-state index contributed by atoms with van der Waals surface area (Å²) >= 11 is 3.75. The number of hydrogen-bond donors (Lipinski definition) is 2. The molecule has 0 atom stereocenters. The molecule has 0 radical (unpaired) electrons. The fourth-order valence-corrected chi connectivity index (χ4v) is 0.753. The van der Waals surface area contributed by atoms with E-state index in [-0.39, 0.29) is 18.3 Å². The summed E-state index contributed by atoms with van der Waals surface area (Å²) in [7, 11) is 0. The van der Waals surface area contributed by atoms with Gasteiger partial charge in [0.05, 0.1) is 12.4 Å². The lowest BCUT2D eigenvalue weighted by atomic mass is 10.4. The van der Waals surface area contributed by atoms with E-state index in [9.17, 15) is 4.79 Å². The van der Waals surface area contributed by atoms with Crippen LogP contribution in [-0.2, 0) is 14.3 Å². The van der Waals surface area contributed by atoms with E-state index in [1.807, 2.05) is 0 Å². The van der Waals surface area contributed by atoms with Crippen molar-refractivity contribution in [1.82, 2.24) is 0 Å². The Kier molecular flexibility index (Phi) is 9.63. The van der Waals surface area contributed by atoms with Gasteiger partial charge in [-0.15, -0.1) is 0 Å². The number of carbonyl (C=O) groups excluding carboxylic acids is 1. The summed E-state index contributed by atoms with van der Waals surface area (Å²) in [5, 5.41) is 8.42. The number of carbonyl (C=O) groups is 1. The maximum Gasteiger partial charge on any atom is 0.315 e. The van der Waals surface area contributed by atoms with Gasteiger partial charge in [0.1, 0.15) is 0 Å². The Morgan fingerprint density at radius 3 is 2.54 bits per heavy atom. The molecule has 78 valence electrons. The lowest BCUT2D eigenvalue weighted by Gasteiger charge is -2.03. The molecule has 0 rings (SSSR count). The number of esters is 1. The van der Waals surface area contributed by atoms with E-state index in [2.05, 4.69) is 12.6 Å². The first-order valence-corrected chi connectivity index (χ1v) is 4.89. The first kappa shape index (κ1) is 12.7. The lowest BCUT2D eigenvalue weighted by molar-refractivity contribution is -0.140. The van der Waals surface area contributed by atoms with Crippen LogP contribution >= 0.6 is 12.6 Å². The van der Waals surface area contributed by atoms with Crippen LogP contribution in [0, 0.1) is 0 Å². The Bertz CT molecular complexity index is 129. The number of thiol groups is 1. The zero-order chi connectivity index (χ0) is 9.94. The molecule has 4 nitrogen and oxygen atoms in total. The van der Waals surface area contributed by atoms with E-state index >= 15 is 0 Å². The van der Waals surface area contributed by atoms with Gasteiger partial charge >= 0.3 is 5.97 Å². The van der Waals surface area contributed by atoms with E-state index in [1.54, 1.807) is 0 Å². The molecule has 0 unspecified atom stereocenters. The predicted molar refractivity (Wildman–Crippen MR) is 52.0 cm³/mol. The fraction of sp³-hybridized carbons (Fsp3) is 0.875. The summed E-state index contributed by atoms with van der Waals surface area (Å²) in [5.74, 6) is -0.190. The molecule has 0 fully saturated rings. The van der Waals surface area contributed by atoms with Crippen molar-refractivity contribution in [3.63, 3.8) is 0 Å². The minimum atomic E-state index is -0.307. The van der Waals surface area contributed by atoms with Crippen LogP contribution in [0.5, 0.6) is 0 Å². The van der Waals surface area contributed by atoms with Gasteiger partial charge in [0, 0.05) is 26.2 Å². The van der Waals surface area contributed by atoms with Crippen LogP contribution in [-0.4, -0.2) is 43.3 Å². The second-order valence-corrected chi connectivity index (χ2v) is 2.74. The number of aliphatic hydroxyl groups is 1. The van der Waals surface area contributed by atoms with Crippen LogP contribution < -0.4 is 0 Å². The van der Waals surface area contributed by atoms with Gasteiger partial charge in [-0.1, -0.05) is 0 Å². The Balaban J connectivity index is 2.95. The summed E-state index contributed by atoms with van der Waals surface area (Å²) in [6.45, 7) is 1.63. The van der Waals surface area contributed by atoms with Gasteiger partial charge in [0.25, 0.3) is 0 Å². The van der Waals surface area contributed by atoms with Crippen molar-refractivity contribution >= 4 is 18.6 Å². The van der Waals surface area contributed by atoms with Crippen molar-refractivity contribution in [3.05, 3.63) is 0 Å². The minimum Gasteiger partial charge on any atom is -0.465 e. The average molecular weight is 208 g/mol. The highest BCUT2D eigenvalue weighted by Crippen LogP contribution is 1.89. The third-order valence-corrected chi connectivity index (χ3v) is 1.53. The SMILES string of the molecule is O=C(CS)OCCCOCCCO. The van der Waals surface area contributed by atoms with Crippen LogP contribution in [0.2, 0.25) is 0 Å². The highest BCUT2D eigenvalue weighted by atomic mass is 32.1.